The summed E-state index contributed by atoms with van der Waals surface area (Å²) < 4.78 is 0. The molecule has 9 heteroatoms. The SMILES string of the molecule is O=C(CN1CCN(c2ncnc3sccc23)CC1)Nc1nc2c(s1)CCCC2. The van der Waals surface area contributed by atoms with Crippen molar-refractivity contribution in [2.24, 2.45) is 0 Å². The number of hydrogen-bond acceptors (Lipinski definition) is 8. The predicted molar refractivity (Wildman–Crippen MR) is 113 cm³/mol. The Kier molecular flexibility index (Phi) is 4.96. The lowest BCUT2D eigenvalue weighted by Gasteiger charge is -2.35. The summed E-state index contributed by atoms with van der Waals surface area (Å²) in [6, 6.07) is 2.09. The first-order chi connectivity index (χ1) is 13.8. The number of rotatable bonds is 4. The highest BCUT2D eigenvalue weighted by molar-refractivity contribution is 7.16. The van der Waals surface area contributed by atoms with Crippen molar-refractivity contribution in [3.63, 3.8) is 0 Å². The summed E-state index contributed by atoms with van der Waals surface area (Å²) in [5, 5.41) is 6.94. The van der Waals surface area contributed by atoms with Gasteiger partial charge in [0.1, 0.15) is 17.0 Å². The summed E-state index contributed by atoms with van der Waals surface area (Å²) in [7, 11) is 0. The fraction of sp³-hybridized carbons (Fsp3) is 0.474. The van der Waals surface area contributed by atoms with Crippen molar-refractivity contribution in [3.05, 3.63) is 28.3 Å². The topological polar surface area (TPSA) is 74.2 Å². The Labute approximate surface area is 171 Å². The van der Waals surface area contributed by atoms with Crippen molar-refractivity contribution in [3.8, 4) is 0 Å². The zero-order valence-electron chi connectivity index (χ0n) is 15.6. The second-order valence-corrected chi connectivity index (χ2v) is 9.22. The number of thiophene rings is 1. The van der Waals surface area contributed by atoms with Crippen LogP contribution in [-0.2, 0) is 17.6 Å². The number of carbonyl (C=O) groups excluding carboxylic acids is 1. The molecular weight excluding hydrogens is 392 g/mol. The van der Waals surface area contributed by atoms with Gasteiger partial charge in [0.05, 0.1) is 17.6 Å². The molecule has 0 unspecified atom stereocenters. The minimum absolute atomic E-state index is 0.0295. The molecule has 1 N–H and O–H groups in total. The van der Waals surface area contributed by atoms with Gasteiger partial charge >= 0.3 is 0 Å². The lowest BCUT2D eigenvalue weighted by Crippen LogP contribution is -2.49. The minimum atomic E-state index is 0.0295. The molecule has 28 heavy (non-hydrogen) atoms. The fourth-order valence-electron chi connectivity index (χ4n) is 3.91. The van der Waals surface area contributed by atoms with E-state index in [9.17, 15) is 4.79 Å². The van der Waals surface area contributed by atoms with Gasteiger partial charge in [-0.3, -0.25) is 9.69 Å². The monoisotopic (exact) mass is 414 g/mol. The van der Waals surface area contributed by atoms with Gasteiger partial charge in [-0.05, 0) is 37.1 Å². The Bertz CT molecular complexity index is 968. The quantitative estimate of drug-likeness (QED) is 0.708. The molecule has 0 spiro atoms. The lowest BCUT2D eigenvalue weighted by atomic mass is 10.0. The van der Waals surface area contributed by atoms with Gasteiger partial charge in [-0.25, -0.2) is 15.0 Å². The van der Waals surface area contributed by atoms with Crippen molar-refractivity contribution in [2.75, 3.05) is 42.9 Å². The standard InChI is InChI=1S/C19H22N6OS2/c26-16(23-19-22-14-3-1-2-4-15(14)28-19)11-24-6-8-25(9-7-24)17-13-5-10-27-18(13)21-12-20-17/h5,10,12H,1-4,6-9,11H2,(H,22,23,26). The average Bonchev–Trinajstić information content (AvgIpc) is 3.34. The van der Waals surface area contributed by atoms with E-state index in [2.05, 4.69) is 41.5 Å². The van der Waals surface area contributed by atoms with Crippen LogP contribution >= 0.6 is 22.7 Å². The molecule has 3 aromatic rings. The van der Waals surface area contributed by atoms with Gasteiger partial charge < -0.3 is 10.2 Å². The molecule has 2 aliphatic rings. The van der Waals surface area contributed by atoms with Crippen LogP contribution in [0, 0.1) is 0 Å². The van der Waals surface area contributed by atoms with Gasteiger partial charge in [-0.15, -0.1) is 22.7 Å². The highest BCUT2D eigenvalue weighted by Gasteiger charge is 2.22. The van der Waals surface area contributed by atoms with E-state index < -0.39 is 0 Å². The van der Waals surface area contributed by atoms with E-state index in [0.29, 0.717) is 6.54 Å². The third-order valence-electron chi connectivity index (χ3n) is 5.37. The molecule has 0 aromatic carbocycles. The van der Waals surface area contributed by atoms with Crippen LogP contribution in [0.3, 0.4) is 0 Å². The molecule has 1 aliphatic carbocycles. The zero-order valence-corrected chi connectivity index (χ0v) is 17.2. The van der Waals surface area contributed by atoms with Crippen LogP contribution in [0.5, 0.6) is 0 Å². The molecule has 0 atom stereocenters. The van der Waals surface area contributed by atoms with Gasteiger partial charge in [0, 0.05) is 31.1 Å². The zero-order chi connectivity index (χ0) is 18.9. The first-order valence-electron chi connectivity index (χ1n) is 9.70. The molecule has 1 saturated heterocycles. The lowest BCUT2D eigenvalue weighted by molar-refractivity contribution is -0.117. The Morgan fingerprint density at radius 2 is 2.00 bits per heavy atom. The van der Waals surface area contributed by atoms with E-state index in [1.807, 2.05) is 0 Å². The molecule has 146 valence electrons. The molecule has 1 amide bonds. The minimum Gasteiger partial charge on any atom is -0.353 e. The number of fused-ring (bicyclic) bond motifs is 2. The third-order valence-corrected chi connectivity index (χ3v) is 7.27. The van der Waals surface area contributed by atoms with E-state index in [1.54, 1.807) is 29.0 Å². The van der Waals surface area contributed by atoms with Crippen LogP contribution in [-0.4, -0.2) is 58.5 Å². The first-order valence-corrected chi connectivity index (χ1v) is 11.4. The Balaban J connectivity index is 1.16. The van der Waals surface area contributed by atoms with Gasteiger partial charge in [0.2, 0.25) is 5.91 Å². The molecule has 0 saturated carbocycles. The summed E-state index contributed by atoms with van der Waals surface area (Å²) in [6.45, 7) is 3.83. The van der Waals surface area contributed by atoms with Crippen molar-refractivity contribution < 1.29 is 4.79 Å². The molecular formula is C19H22N6OS2. The van der Waals surface area contributed by atoms with E-state index in [4.69, 9.17) is 0 Å². The van der Waals surface area contributed by atoms with E-state index in [1.165, 1.54) is 23.4 Å². The van der Waals surface area contributed by atoms with Crippen LogP contribution in [0.4, 0.5) is 10.9 Å². The van der Waals surface area contributed by atoms with Crippen LogP contribution < -0.4 is 10.2 Å². The number of nitrogens with zero attached hydrogens (tertiary/aromatic N) is 5. The van der Waals surface area contributed by atoms with E-state index >= 15 is 0 Å². The summed E-state index contributed by atoms with van der Waals surface area (Å²) >= 11 is 3.28. The second-order valence-electron chi connectivity index (χ2n) is 7.24. The highest BCUT2D eigenvalue weighted by Crippen LogP contribution is 2.30. The first kappa shape index (κ1) is 18.0. The van der Waals surface area contributed by atoms with Crippen LogP contribution in [0.1, 0.15) is 23.4 Å². The largest absolute Gasteiger partial charge is 0.353 e. The maximum Gasteiger partial charge on any atom is 0.240 e. The number of piperazine rings is 1. The molecule has 0 bridgehead atoms. The molecule has 5 rings (SSSR count). The molecule has 1 aliphatic heterocycles. The van der Waals surface area contributed by atoms with Gasteiger partial charge in [-0.1, -0.05) is 0 Å². The molecule has 1 fully saturated rings. The number of nitrogens with one attached hydrogen (secondary N) is 1. The Morgan fingerprint density at radius 3 is 2.86 bits per heavy atom. The van der Waals surface area contributed by atoms with Crippen molar-refractivity contribution in [2.45, 2.75) is 25.7 Å². The molecule has 7 nitrogen and oxygen atoms in total. The average molecular weight is 415 g/mol. The van der Waals surface area contributed by atoms with E-state index in [-0.39, 0.29) is 5.91 Å². The number of hydrogen-bond donors (Lipinski definition) is 1. The number of thiazole rings is 1. The number of aromatic nitrogens is 3. The number of aryl methyl sites for hydroxylation is 2. The van der Waals surface area contributed by atoms with Crippen molar-refractivity contribution in [1.82, 2.24) is 19.9 Å². The number of anilines is 2. The Morgan fingerprint density at radius 1 is 1.14 bits per heavy atom. The molecule has 4 heterocycles. The summed E-state index contributed by atoms with van der Waals surface area (Å²) in [5.74, 6) is 1.03. The third kappa shape index (κ3) is 3.61. The van der Waals surface area contributed by atoms with Gasteiger partial charge in [0.15, 0.2) is 5.13 Å². The second kappa shape index (κ2) is 7.73. The van der Waals surface area contributed by atoms with Crippen molar-refractivity contribution >= 4 is 49.7 Å². The van der Waals surface area contributed by atoms with Crippen LogP contribution in [0.25, 0.3) is 10.2 Å². The smallest absolute Gasteiger partial charge is 0.240 e. The highest BCUT2D eigenvalue weighted by atomic mass is 32.1. The molecule has 3 aromatic heterocycles. The summed E-state index contributed by atoms with van der Waals surface area (Å²) in [5.41, 5.74) is 1.18. The van der Waals surface area contributed by atoms with Gasteiger partial charge in [0.25, 0.3) is 0 Å². The maximum atomic E-state index is 12.5. The van der Waals surface area contributed by atoms with Crippen LogP contribution in [0.2, 0.25) is 0 Å². The summed E-state index contributed by atoms with van der Waals surface area (Å²) in [6.07, 6.45) is 6.23. The normalized spacial score (nSPS) is 17.6. The van der Waals surface area contributed by atoms with Crippen molar-refractivity contribution in [1.29, 1.82) is 0 Å². The number of carbonyl (C=O) groups is 1. The molecule has 0 radical (unpaired) electrons. The predicted octanol–water partition coefficient (Wildman–Crippen LogP) is 2.79. The summed E-state index contributed by atoms with van der Waals surface area (Å²) in [4.78, 5) is 32.8. The van der Waals surface area contributed by atoms with Gasteiger partial charge in [-0.2, -0.15) is 0 Å². The number of amides is 1. The maximum absolute atomic E-state index is 12.5. The fourth-order valence-corrected chi connectivity index (χ4v) is 5.71. The Hall–Kier alpha value is -2.10. The van der Waals surface area contributed by atoms with Crippen LogP contribution in [0.15, 0.2) is 17.8 Å². The van der Waals surface area contributed by atoms with E-state index in [0.717, 1.165) is 60.2 Å².